The molecule has 4 atom stereocenters. The Balaban J connectivity index is 0.00000108. The first kappa shape index (κ1) is 52.3. The van der Waals surface area contributed by atoms with Crippen molar-refractivity contribution < 1.29 is 53.7 Å². The van der Waals surface area contributed by atoms with Crippen LogP contribution in [0.4, 0.5) is 0 Å². The maximum absolute atomic E-state index is 10.2. The summed E-state index contributed by atoms with van der Waals surface area (Å²) in [5.41, 5.74) is 0. The summed E-state index contributed by atoms with van der Waals surface area (Å²) in [7, 11) is 0. The summed E-state index contributed by atoms with van der Waals surface area (Å²) in [4.78, 5) is 10.2. The van der Waals surface area contributed by atoms with Gasteiger partial charge in [0.15, 0.2) is 0 Å². The fourth-order valence-electron chi connectivity index (χ4n) is 7.55. The van der Waals surface area contributed by atoms with E-state index in [9.17, 15) is 9.90 Å². The predicted octanol–water partition coefficient (Wildman–Crippen LogP) is 10.4. The molecule has 0 spiro atoms. The number of carbonyl (C=O) groups is 1. The molecule has 304 valence electrons. The molecule has 0 saturated carbocycles. The molecular weight excluding hydrogens is 655 g/mol. The molecule has 2 fully saturated rings. The minimum absolute atomic E-state index is 0. The first-order valence-electron chi connectivity index (χ1n) is 23.2. The Hall–Kier alpha value is 0.350. The normalized spacial score (nSPS) is 17.7. The molecule has 0 bridgehead atoms. The van der Waals surface area contributed by atoms with Gasteiger partial charge in [-0.25, -0.2) is 0 Å². The number of ether oxygens (including phenoxy) is 3. The van der Waals surface area contributed by atoms with Crippen molar-refractivity contribution in [3.63, 3.8) is 0 Å². The van der Waals surface area contributed by atoms with Gasteiger partial charge >= 0.3 is 29.6 Å². The van der Waals surface area contributed by atoms with Gasteiger partial charge in [-0.1, -0.05) is 188 Å². The Kier molecular flexibility index (Phi) is 41.3. The molecule has 0 aromatic carbocycles. The number of carboxylic acids is 1. The minimum Gasteiger partial charge on any atom is -0.550 e. The molecule has 52 heavy (non-hydrogen) atoms. The zero-order valence-electron chi connectivity index (χ0n) is 35.7. The summed E-state index contributed by atoms with van der Waals surface area (Å²) in [5.74, 6) is -0.903. The van der Waals surface area contributed by atoms with Gasteiger partial charge in [0.05, 0.1) is 24.4 Å². The van der Waals surface area contributed by atoms with E-state index in [2.05, 4.69) is 20.8 Å². The molecule has 2 saturated heterocycles. The van der Waals surface area contributed by atoms with Crippen LogP contribution in [0.15, 0.2) is 0 Å². The third-order valence-electron chi connectivity index (χ3n) is 11.3. The van der Waals surface area contributed by atoms with E-state index in [0.29, 0.717) is 24.4 Å². The monoisotopic (exact) mass is 745 g/mol. The molecule has 0 aliphatic carbocycles. The Labute approximate surface area is 347 Å². The molecule has 2 aliphatic heterocycles. The SMILES string of the molecule is CCCCCCCCC(CCC1CCO1)OC(CCCCCCCC)CCC1CCO1.CCCCCCCCCCCCCCCCCC(=O)[O-].[Na+]. The van der Waals surface area contributed by atoms with E-state index >= 15 is 0 Å². The van der Waals surface area contributed by atoms with Crippen molar-refractivity contribution in [2.75, 3.05) is 13.2 Å². The average Bonchev–Trinajstić information content (AvgIpc) is 3.08. The van der Waals surface area contributed by atoms with Crippen LogP contribution < -0.4 is 34.7 Å². The summed E-state index contributed by atoms with van der Waals surface area (Å²) in [6.45, 7) is 8.80. The molecule has 4 unspecified atom stereocenters. The van der Waals surface area contributed by atoms with Crippen LogP contribution in [0.3, 0.4) is 0 Å². The average molecular weight is 745 g/mol. The number of hydrogen-bond donors (Lipinski definition) is 0. The molecule has 0 N–H and O–H groups in total. The van der Waals surface area contributed by atoms with E-state index in [0.717, 1.165) is 26.1 Å². The van der Waals surface area contributed by atoms with Gasteiger partial charge in [0.1, 0.15) is 0 Å². The Morgan fingerprint density at radius 2 is 0.788 bits per heavy atom. The Bertz CT molecular complexity index is 677. The van der Waals surface area contributed by atoms with Crippen LogP contribution in [0.1, 0.15) is 252 Å². The molecule has 5 nitrogen and oxygen atoms in total. The summed E-state index contributed by atoms with van der Waals surface area (Å²) >= 11 is 0. The van der Waals surface area contributed by atoms with E-state index in [1.807, 2.05) is 0 Å². The quantitative estimate of drug-likeness (QED) is 0.0465. The van der Waals surface area contributed by atoms with Crippen LogP contribution in [0.2, 0.25) is 0 Å². The van der Waals surface area contributed by atoms with E-state index in [1.54, 1.807) is 0 Å². The van der Waals surface area contributed by atoms with Crippen molar-refractivity contribution in [3.05, 3.63) is 0 Å². The standard InChI is InChI=1S/C28H54O3.C18H36O2.Na/c1-3-5-7-9-11-13-15-27(19-17-25-21-23-29-25)31-28(20-18-26-22-24-30-26)16-14-12-10-8-6-4-2;1-2-3-4-5-6-7-8-9-10-11-12-13-14-15-16-17-18(19)20;/h25-28H,3-24H2,1-2H3;2-17H2,1H3,(H,19,20);/q;;+1/p-1. The molecule has 0 aromatic heterocycles. The van der Waals surface area contributed by atoms with Gasteiger partial charge in [0, 0.05) is 19.2 Å². The first-order valence-corrected chi connectivity index (χ1v) is 23.2. The van der Waals surface area contributed by atoms with Crippen molar-refractivity contribution >= 4 is 5.97 Å². The van der Waals surface area contributed by atoms with Crippen LogP contribution in [0.5, 0.6) is 0 Å². The predicted molar refractivity (Wildman–Crippen MR) is 216 cm³/mol. The van der Waals surface area contributed by atoms with Gasteiger partial charge < -0.3 is 24.1 Å². The topological polar surface area (TPSA) is 67.8 Å². The van der Waals surface area contributed by atoms with Crippen LogP contribution in [0.25, 0.3) is 0 Å². The number of carboxylic acid groups (broad SMARTS) is 1. The van der Waals surface area contributed by atoms with Gasteiger partial charge in [0.2, 0.25) is 0 Å². The molecule has 0 radical (unpaired) electrons. The molecule has 2 rings (SSSR count). The smallest absolute Gasteiger partial charge is 0.550 e. The second-order valence-electron chi connectivity index (χ2n) is 16.3. The third-order valence-corrected chi connectivity index (χ3v) is 11.3. The maximum atomic E-state index is 10.2. The van der Waals surface area contributed by atoms with Crippen LogP contribution in [0, 0.1) is 0 Å². The number of unbranched alkanes of at least 4 members (excludes halogenated alkanes) is 24. The third kappa shape index (κ3) is 34.8. The second kappa shape index (κ2) is 41.0. The summed E-state index contributed by atoms with van der Waals surface area (Å²) in [5, 5.41) is 10.2. The van der Waals surface area contributed by atoms with Crippen LogP contribution in [-0.4, -0.2) is 43.6 Å². The van der Waals surface area contributed by atoms with E-state index < -0.39 is 5.97 Å². The molecule has 2 aliphatic rings. The van der Waals surface area contributed by atoms with E-state index in [4.69, 9.17) is 14.2 Å². The van der Waals surface area contributed by atoms with E-state index in [-0.39, 0.29) is 36.0 Å². The van der Waals surface area contributed by atoms with Gasteiger partial charge in [0.25, 0.3) is 0 Å². The fourth-order valence-corrected chi connectivity index (χ4v) is 7.55. The fraction of sp³-hybridized carbons (Fsp3) is 0.978. The van der Waals surface area contributed by atoms with Crippen molar-refractivity contribution in [1.82, 2.24) is 0 Å². The number of aliphatic carboxylic acids is 1. The molecule has 6 heteroatoms. The molecular formula is C46H89NaO5. The number of carbonyl (C=O) groups excluding carboxylic acids is 1. The van der Waals surface area contributed by atoms with Crippen molar-refractivity contribution in [2.24, 2.45) is 0 Å². The zero-order chi connectivity index (χ0) is 36.9. The van der Waals surface area contributed by atoms with E-state index in [1.165, 1.54) is 212 Å². The molecule has 0 aromatic rings. The first-order chi connectivity index (χ1) is 25.1. The van der Waals surface area contributed by atoms with Crippen LogP contribution >= 0.6 is 0 Å². The Morgan fingerprint density at radius 1 is 0.500 bits per heavy atom. The molecule has 2 heterocycles. The van der Waals surface area contributed by atoms with Crippen LogP contribution in [-0.2, 0) is 19.0 Å². The van der Waals surface area contributed by atoms with Gasteiger partial charge in [-0.15, -0.1) is 0 Å². The summed E-state index contributed by atoms with van der Waals surface area (Å²) < 4.78 is 18.2. The largest absolute Gasteiger partial charge is 1.00 e. The van der Waals surface area contributed by atoms with Gasteiger partial charge in [-0.2, -0.15) is 0 Å². The Morgan fingerprint density at radius 3 is 1.06 bits per heavy atom. The van der Waals surface area contributed by atoms with Crippen molar-refractivity contribution in [3.8, 4) is 0 Å². The van der Waals surface area contributed by atoms with Gasteiger partial charge in [-0.3, -0.25) is 0 Å². The van der Waals surface area contributed by atoms with Crippen molar-refractivity contribution in [2.45, 2.75) is 276 Å². The zero-order valence-corrected chi connectivity index (χ0v) is 37.7. The van der Waals surface area contributed by atoms with Crippen molar-refractivity contribution in [1.29, 1.82) is 0 Å². The summed E-state index contributed by atoms with van der Waals surface area (Å²) in [6.07, 6.45) is 47.9. The minimum atomic E-state index is -0.903. The number of hydrogen-bond acceptors (Lipinski definition) is 5. The van der Waals surface area contributed by atoms with Gasteiger partial charge in [-0.05, 0) is 64.2 Å². The number of rotatable bonds is 38. The second-order valence-corrected chi connectivity index (χ2v) is 16.3. The maximum Gasteiger partial charge on any atom is 1.00 e. The molecule has 0 amide bonds. The summed E-state index contributed by atoms with van der Waals surface area (Å²) in [6, 6.07) is 0.